The highest BCUT2D eigenvalue weighted by molar-refractivity contribution is 14.0. The van der Waals surface area contributed by atoms with E-state index < -0.39 is 12.7 Å². The molecular formula is C12H26F3IN4S. The van der Waals surface area contributed by atoms with Crippen LogP contribution in [0.25, 0.3) is 0 Å². The maximum atomic E-state index is 12.1. The number of rotatable bonds is 9. The highest BCUT2D eigenvalue weighted by Crippen LogP contribution is 2.15. The molecular weight excluding hydrogens is 416 g/mol. The Kier molecular flexibility index (Phi) is 15.3. The van der Waals surface area contributed by atoms with Crippen molar-refractivity contribution >= 4 is 41.7 Å². The molecule has 0 aromatic carbocycles. The van der Waals surface area contributed by atoms with Crippen LogP contribution in [0.2, 0.25) is 0 Å². The first-order chi connectivity index (χ1) is 9.39. The molecule has 0 saturated carbocycles. The molecule has 0 aliphatic rings. The molecule has 0 atom stereocenters. The van der Waals surface area contributed by atoms with Gasteiger partial charge in [0.1, 0.15) is 0 Å². The van der Waals surface area contributed by atoms with E-state index in [1.54, 1.807) is 11.8 Å². The summed E-state index contributed by atoms with van der Waals surface area (Å²) in [5, 5.41) is 6.28. The molecule has 9 heteroatoms. The van der Waals surface area contributed by atoms with Crippen molar-refractivity contribution in [2.45, 2.75) is 19.5 Å². The number of hydrogen-bond acceptors (Lipinski definition) is 3. The normalized spacial score (nSPS) is 12.2. The molecule has 0 aliphatic heterocycles. The molecule has 0 spiro atoms. The summed E-state index contributed by atoms with van der Waals surface area (Å²) >= 11 is 1.74. The van der Waals surface area contributed by atoms with Gasteiger partial charge in [0.25, 0.3) is 0 Å². The molecule has 0 heterocycles. The Morgan fingerprint density at radius 1 is 1.29 bits per heavy atom. The molecule has 0 aromatic heterocycles. The molecule has 2 N–H and O–H groups in total. The van der Waals surface area contributed by atoms with E-state index in [-0.39, 0.29) is 24.0 Å². The van der Waals surface area contributed by atoms with Crippen molar-refractivity contribution in [1.82, 2.24) is 15.5 Å². The Labute approximate surface area is 146 Å². The third kappa shape index (κ3) is 16.3. The highest BCUT2D eigenvalue weighted by atomic mass is 127. The quantitative estimate of drug-likeness (QED) is 0.249. The Morgan fingerprint density at radius 2 is 1.95 bits per heavy atom. The molecule has 21 heavy (non-hydrogen) atoms. The van der Waals surface area contributed by atoms with Crippen LogP contribution in [0.15, 0.2) is 4.99 Å². The fourth-order valence-electron chi connectivity index (χ4n) is 1.53. The lowest BCUT2D eigenvalue weighted by Crippen LogP contribution is -2.38. The average molecular weight is 442 g/mol. The van der Waals surface area contributed by atoms with Crippen molar-refractivity contribution in [1.29, 1.82) is 0 Å². The number of thioether (sulfide) groups is 1. The Balaban J connectivity index is 0. The monoisotopic (exact) mass is 442 g/mol. The van der Waals surface area contributed by atoms with E-state index in [4.69, 9.17) is 0 Å². The van der Waals surface area contributed by atoms with Gasteiger partial charge in [-0.2, -0.15) is 24.9 Å². The van der Waals surface area contributed by atoms with Gasteiger partial charge >= 0.3 is 6.18 Å². The first-order valence-electron chi connectivity index (χ1n) is 6.65. The summed E-state index contributed by atoms with van der Waals surface area (Å²) in [5.41, 5.74) is 0. The van der Waals surface area contributed by atoms with E-state index >= 15 is 0 Å². The largest absolute Gasteiger partial charge is 0.401 e. The minimum Gasteiger partial charge on any atom is -0.357 e. The van der Waals surface area contributed by atoms with Gasteiger partial charge < -0.3 is 10.6 Å². The molecule has 4 nitrogen and oxygen atoms in total. The SMILES string of the molecule is CCNC(=NCCCN(C)CC(F)(F)F)NCCSC.I. The van der Waals surface area contributed by atoms with E-state index in [1.807, 2.05) is 13.2 Å². The molecule has 0 fully saturated rings. The second-order valence-electron chi connectivity index (χ2n) is 4.39. The van der Waals surface area contributed by atoms with Crippen LogP contribution >= 0.6 is 35.7 Å². The zero-order valence-electron chi connectivity index (χ0n) is 12.8. The number of aliphatic imine (C=N–C) groups is 1. The van der Waals surface area contributed by atoms with Crippen LogP contribution < -0.4 is 10.6 Å². The third-order valence-corrected chi connectivity index (χ3v) is 2.97. The molecule has 128 valence electrons. The van der Waals surface area contributed by atoms with Crippen molar-refractivity contribution < 1.29 is 13.2 Å². The van der Waals surface area contributed by atoms with Gasteiger partial charge in [-0.1, -0.05) is 0 Å². The molecule has 0 aromatic rings. The molecule has 0 aliphatic carbocycles. The molecule has 0 rings (SSSR count). The third-order valence-electron chi connectivity index (χ3n) is 2.36. The summed E-state index contributed by atoms with van der Waals surface area (Å²) < 4.78 is 36.4. The topological polar surface area (TPSA) is 39.7 Å². The molecule has 0 radical (unpaired) electrons. The summed E-state index contributed by atoms with van der Waals surface area (Å²) in [6.45, 7) is 3.58. The fourth-order valence-corrected chi connectivity index (χ4v) is 1.84. The van der Waals surface area contributed by atoms with Crippen LogP contribution in [0, 0.1) is 0 Å². The summed E-state index contributed by atoms with van der Waals surface area (Å²) in [6.07, 6.45) is -1.50. The summed E-state index contributed by atoms with van der Waals surface area (Å²) in [5.74, 6) is 1.71. The van der Waals surface area contributed by atoms with Gasteiger partial charge in [0, 0.05) is 25.4 Å². The fraction of sp³-hybridized carbons (Fsp3) is 0.917. The lowest BCUT2D eigenvalue weighted by Gasteiger charge is -2.18. The number of halogens is 4. The zero-order valence-corrected chi connectivity index (χ0v) is 15.9. The maximum Gasteiger partial charge on any atom is 0.401 e. The van der Waals surface area contributed by atoms with Crippen molar-refractivity contribution in [2.24, 2.45) is 4.99 Å². The van der Waals surface area contributed by atoms with Gasteiger partial charge in [0.15, 0.2) is 5.96 Å². The van der Waals surface area contributed by atoms with Crippen molar-refractivity contribution in [3.63, 3.8) is 0 Å². The minimum atomic E-state index is -4.13. The number of nitrogens with zero attached hydrogens (tertiary/aromatic N) is 2. The van der Waals surface area contributed by atoms with Gasteiger partial charge in [-0.3, -0.25) is 9.89 Å². The van der Waals surface area contributed by atoms with E-state index in [0.29, 0.717) is 19.5 Å². The van der Waals surface area contributed by atoms with Crippen LogP contribution in [-0.2, 0) is 0 Å². The standard InChI is InChI=1S/C12H25F3N4S.HI/c1-4-16-11(18-7-9-20-3)17-6-5-8-19(2)10-12(13,14)15;/h4-10H2,1-3H3,(H2,16,17,18);1H. The van der Waals surface area contributed by atoms with Crippen molar-refractivity contribution in [3.8, 4) is 0 Å². The van der Waals surface area contributed by atoms with Gasteiger partial charge in [0.05, 0.1) is 6.54 Å². The van der Waals surface area contributed by atoms with Gasteiger partial charge in [-0.25, -0.2) is 0 Å². The van der Waals surface area contributed by atoms with Crippen molar-refractivity contribution in [3.05, 3.63) is 0 Å². The summed E-state index contributed by atoms with van der Waals surface area (Å²) in [4.78, 5) is 5.60. The number of guanidine groups is 1. The first kappa shape index (κ1) is 23.4. The second kappa shape index (κ2) is 13.7. The van der Waals surface area contributed by atoms with E-state index in [1.165, 1.54) is 11.9 Å². The predicted octanol–water partition coefficient (Wildman–Crippen LogP) is 2.41. The smallest absolute Gasteiger partial charge is 0.357 e. The van der Waals surface area contributed by atoms with E-state index in [0.717, 1.165) is 24.8 Å². The van der Waals surface area contributed by atoms with E-state index in [9.17, 15) is 13.2 Å². The number of hydrogen-bond donors (Lipinski definition) is 2. The highest BCUT2D eigenvalue weighted by Gasteiger charge is 2.28. The summed E-state index contributed by atoms with van der Waals surface area (Å²) in [7, 11) is 1.47. The summed E-state index contributed by atoms with van der Waals surface area (Å²) in [6, 6.07) is 0. The van der Waals surface area contributed by atoms with Crippen LogP contribution in [0.5, 0.6) is 0 Å². The maximum absolute atomic E-state index is 12.1. The lowest BCUT2D eigenvalue weighted by molar-refractivity contribution is -0.143. The van der Waals surface area contributed by atoms with Gasteiger partial charge in [-0.05, 0) is 33.2 Å². The Hall–Kier alpha value is 0.1000. The van der Waals surface area contributed by atoms with Crippen LogP contribution in [0.4, 0.5) is 13.2 Å². The predicted molar refractivity (Wildman–Crippen MR) is 95.9 cm³/mol. The Bertz CT molecular complexity index is 278. The van der Waals surface area contributed by atoms with E-state index in [2.05, 4.69) is 15.6 Å². The number of nitrogens with one attached hydrogen (secondary N) is 2. The first-order valence-corrected chi connectivity index (χ1v) is 8.04. The van der Waals surface area contributed by atoms with Crippen molar-refractivity contribution in [2.75, 3.05) is 51.8 Å². The van der Waals surface area contributed by atoms with Crippen LogP contribution in [0.3, 0.4) is 0 Å². The second-order valence-corrected chi connectivity index (χ2v) is 5.37. The zero-order chi connectivity index (χ0) is 15.4. The lowest BCUT2D eigenvalue weighted by atomic mass is 10.4. The van der Waals surface area contributed by atoms with Crippen LogP contribution in [0.1, 0.15) is 13.3 Å². The number of alkyl halides is 3. The molecule has 0 unspecified atom stereocenters. The molecule has 0 amide bonds. The molecule has 0 saturated heterocycles. The minimum absolute atomic E-state index is 0. The van der Waals surface area contributed by atoms with Gasteiger partial charge in [0.2, 0.25) is 0 Å². The van der Waals surface area contributed by atoms with Crippen LogP contribution in [-0.4, -0.2) is 68.8 Å². The average Bonchev–Trinajstić information content (AvgIpc) is 2.32. The Morgan fingerprint density at radius 3 is 2.48 bits per heavy atom. The van der Waals surface area contributed by atoms with Gasteiger partial charge in [-0.15, -0.1) is 24.0 Å². The molecule has 0 bridgehead atoms.